The van der Waals surface area contributed by atoms with Gasteiger partial charge in [-0.1, -0.05) is 247 Å². The molecule has 9 heteroatoms. The highest BCUT2D eigenvalue weighted by molar-refractivity contribution is 5.49. The van der Waals surface area contributed by atoms with Crippen molar-refractivity contribution in [2.45, 2.75) is 264 Å². The van der Waals surface area contributed by atoms with Crippen LogP contribution in [0.3, 0.4) is 0 Å². The fourth-order valence-corrected chi connectivity index (χ4v) is 11.1. The molecule has 0 aliphatic carbocycles. The minimum Gasteiger partial charge on any atom is -0.493 e. The molecule has 8 aromatic carbocycles. The highest BCUT2D eigenvalue weighted by Gasteiger charge is 2.15. The molecular weight excluding hydrogens is 1310 g/mol. The van der Waals surface area contributed by atoms with Crippen molar-refractivity contribution in [3.05, 3.63) is 232 Å². The molecular formula is C97H143NO8. The van der Waals surface area contributed by atoms with Gasteiger partial charge in [0.05, 0.1) is 40.6 Å². The Labute approximate surface area is 646 Å². The SMILES string of the molecule is CC(C)c1ccc(N2CCCCC2)cc1.CC(C)c1ccc(OC(C)(C)C)cc1.CC(C)c1ccc(OCc2ccccc2)cc1.CCCCCc1ccc(C(C)C)cc1.CCCOc1cc(C(C)C)ccc1OC.CCOc1ccc(C(C)C)cc1OCC.COc1cc(C(C)C)ccc1OCC(C)C. The summed E-state index contributed by atoms with van der Waals surface area (Å²) in [7, 11) is 3.35. The summed E-state index contributed by atoms with van der Waals surface area (Å²) < 4.78 is 44.5. The summed E-state index contributed by atoms with van der Waals surface area (Å²) in [5, 5.41) is 0. The maximum absolute atomic E-state index is 5.74. The molecule has 0 spiro atoms. The minimum absolute atomic E-state index is 0.112. The van der Waals surface area contributed by atoms with Gasteiger partial charge in [-0.2, -0.15) is 0 Å². The number of benzene rings is 8. The van der Waals surface area contributed by atoms with Crippen LogP contribution in [0.25, 0.3) is 0 Å². The number of anilines is 1. The second-order valence-electron chi connectivity index (χ2n) is 31.0. The van der Waals surface area contributed by atoms with Crippen LogP contribution in [-0.4, -0.2) is 59.3 Å². The number of piperidine rings is 1. The first-order valence-electron chi connectivity index (χ1n) is 40.1. The van der Waals surface area contributed by atoms with Crippen molar-refractivity contribution < 1.29 is 37.9 Å². The predicted octanol–water partition coefficient (Wildman–Crippen LogP) is 27.8. The van der Waals surface area contributed by atoms with Gasteiger partial charge >= 0.3 is 0 Å². The second-order valence-corrected chi connectivity index (χ2v) is 31.0. The van der Waals surface area contributed by atoms with Gasteiger partial charge in [-0.05, 0) is 243 Å². The first kappa shape index (κ1) is 92.2. The van der Waals surface area contributed by atoms with Crippen LogP contribution >= 0.6 is 0 Å². The third-order valence-corrected chi connectivity index (χ3v) is 17.7. The number of hydrogen-bond acceptors (Lipinski definition) is 9. The molecule has 1 heterocycles. The Kier molecular flexibility index (Phi) is 44.6. The Morgan fingerprint density at radius 2 is 0.745 bits per heavy atom. The van der Waals surface area contributed by atoms with Crippen molar-refractivity contribution in [1.29, 1.82) is 0 Å². The number of hydrogen-bond donors (Lipinski definition) is 0. The van der Waals surface area contributed by atoms with Crippen LogP contribution in [0.5, 0.6) is 46.0 Å². The first-order chi connectivity index (χ1) is 50.6. The lowest BCUT2D eigenvalue weighted by atomic mass is 10.00. The van der Waals surface area contributed by atoms with Gasteiger partial charge in [-0.15, -0.1) is 0 Å². The standard InChI is InChI=1S/C16H18O.C14H21N.C14H22O2.C14H22.2C13H20O2.C13H20O/c1-13(2)15-8-10-16(11-9-15)17-12-14-6-4-3-5-7-14;1-12(2)13-6-8-14(9-7-13)15-10-4-3-5-11-15;1-10(2)9-16-13-7-6-12(11(3)4)8-14(13)15-5;1-4-5-6-7-13-8-10-14(11-9-13)12(2)3;1-5-8-15-13-9-11(10(2)3)6-7-12(13)14-4;1-5-14-12-8-7-11(10(3)4)9-13(12)15-6-2;1-10(2)11-6-8-12(9-7-11)14-13(3,4)5/h3-11,13H,12H2,1-2H3;6-9,12H,3-5,10-11H2,1-2H3;6-8,10-11H,9H2,1-5H3;8-12H,4-7H2,1-3H3;6-7,9-10H,5,8H2,1-4H3;7-10H,5-6H2,1-4H3;6-10H,1-5H3. The van der Waals surface area contributed by atoms with Crippen LogP contribution in [0.15, 0.2) is 182 Å². The summed E-state index contributed by atoms with van der Waals surface area (Å²) in [6, 6.07) is 63.5. The molecule has 0 saturated carbocycles. The van der Waals surface area contributed by atoms with Gasteiger partial charge in [0.25, 0.3) is 0 Å². The molecule has 0 unspecified atom stereocenters. The molecule has 0 atom stereocenters. The average molecular weight is 1450 g/mol. The quantitative estimate of drug-likeness (QED) is 0.0446. The van der Waals surface area contributed by atoms with E-state index in [0.717, 1.165) is 65.6 Å². The van der Waals surface area contributed by atoms with Crippen molar-refractivity contribution >= 4 is 5.69 Å². The molecule has 584 valence electrons. The lowest BCUT2D eigenvalue weighted by Gasteiger charge is -2.29. The van der Waals surface area contributed by atoms with Crippen molar-refractivity contribution in [2.75, 3.05) is 58.6 Å². The number of ether oxygens (including phenoxy) is 8. The normalized spacial score (nSPS) is 11.7. The molecule has 0 radical (unpaired) electrons. The molecule has 0 aromatic heterocycles. The Bertz CT molecular complexity index is 3520. The van der Waals surface area contributed by atoms with E-state index in [9.17, 15) is 0 Å². The molecule has 9 rings (SSSR count). The van der Waals surface area contributed by atoms with Gasteiger partial charge in [0.2, 0.25) is 0 Å². The van der Waals surface area contributed by atoms with Crippen LogP contribution in [0.1, 0.15) is 296 Å². The smallest absolute Gasteiger partial charge is 0.161 e. The molecule has 1 saturated heterocycles. The lowest BCUT2D eigenvalue weighted by molar-refractivity contribution is 0.131. The second kappa shape index (κ2) is 51.3. The predicted molar refractivity (Wildman–Crippen MR) is 456 cm³/mol. The van der Waals surface area contributed by atoms with Crippen molar-refractivity contribution in [1.82, 2.24) is 0 Å². The summed E-state index contributed by atoms with van der Waals surface area (Å²) in [6.45, 7) is 55.4. The molecule has 0 N–H and O–H groups in total. The fraction of sp³-hybridized carbons (Fsp3) is 0.505. The Balaban J connectivity index is 0.000000321. The van der Waals surface area contributed by atoms with E-state index >= 15 is 0 Å². The first-order valence-corrected chi connectivity index (χ1v) is 40.1. The highest BCUT2D eigenvalue weighted by Crippen LogP contribution is 2.34. The Morgan fingerprint density at radius 3 is 1.16 bits per heavy atom. The number of rotatable bonds is 28. The summed E-state index contributed by atoms with van der Waals surface area (Å²) in [4.78, 5) is 2.51. The third kappa shape index (κ3) is 37.0. The summed E-state index contributed by atoms with van der Waals surface area (Å²) in [5.74, 6) is 11.4. The fourth-order valence-electron chi connectivity index (χ4n) is 11.1. The maximum Gasteiger partial charge on any atom is 0.161 e. The zero-order valence-electron chi connectivity index (χ0n) is 70.8. The summed E-state index contributed by atoms with van der Waals surface area (Å²) in [6.07, 6.45) is 10.4. The van der Waals surface area contributed by atoms with Crippen molar-refractivity contribution in [3.8, 4) is 46.0 Å². The summed E-state index contributed by atoms with van der Waals surface area (Å²) >= 11 is 0. The number of methoxy groups -OCH3 is 2. The Morgan fingerprint density at radius 1 is 0.349 bits per heavy atom. The van der Waals surface area contributed by atoms with Gasteiger partial charge in [-0.3, -0.25) is 0 Å². The highest BCUT2D eigenvalue weighted by atomic mass is 16.5. The van der Waals surface area contributed by atoms with Crippen LogP contribution in [0.4, 0.5) is 5.69 Å². The number of unbranched alkanes of at least 4 members (excludes halogenated alkanes) is 2. The van der Waals surface area contributed by atoms with Crippen LogP contribution in [0.2, 0.25) is 0 Å². The molecule has 8 aromatic rings. The topological polar surface area (TPSA) is 77.1 Å². The molecule has 1 aliphatic heterocycles. The third-order valence-electron chi connectivity index (χ3n) is 17.7. The monoisotopic (exact) mass is 1450 g/mol. The van der Waals surface area contributed by atoms with E-state index in [0.29, 0.717) is 67.2 Å². The largest absolute Gasteiger partial charge is 0.493 e. The van der Waals surface area contributed by atoms with E-state index in [1.54, 1.807) is 14.2 Å². The van der Waals surface area contributed by atoms with E-state index in [1.165, 1.54) is 114 Å². The number of nitrogens with zero attached hydrogens (tertiary/aromatic N) is 1. The van der Waals surface area contributed by atoms with E-state index in [2.05, 4.69) is 272 Å². The molecule has 1 aliphatic rings. The number of aryl methyl sites for hydroxylation is 1. The van der Waals surface area contributed by atoms with Gasteiger partial charge < -0.3 is 42.8 Å². The molecule has 106 heavy (non-hydrogen) atoms. The van der Waals surface area contributed by atoms with E-state index in [4.69, 9.17) is 37.9 Å². The summed E-state index contributed by atoms with van der Waals surface area (Å²) in [5.41, 5.74) is 13.4. The zero-order valence-corrected chi connectivity index (χ0v) is 70.8. The maximum atomic E-state index is 5.74. The minimum atomic E-state index is -0.112. The van der Waals surface area contributed by atoms with Crippen LogP contribution in [-0.2, 0) is 13.0 Å². The molecule has 0 amide bonds. The van der Waals surface area contributed by atoms with E-state index in [1.807, 2.05) is 74.5 Å². The van der Waals surface area contributed by atoms with Gasteiger partial charge in [0, 0.05) is 18.8 Å². The molecule has 9 nitrogen and oxygen atoms in total. The lowest BCUT2D eigenvalue weighted by Crippen LogP contribution is -2.29. The zero-order chi connectivity index (χ0) is 78.6. The van der Waals surface area contributed by atoms with Gasteiger partial charge in [-0.25, -0.2) is 0 Å². The van der Waals surface area contributed by atoms with E-state index < -0.39 is 0 Å². The Hall–Kier alpha value is -8.04. The van der Waals surface area contributed by atoms with Gasteiger partial charge in [0.1, 0.15) is 23.7 Å². The average Bonchev–Trinajstić information content (AvgIpc) is 0.860. The van der Waals surface area contributed by atoms with Gasteiger partial charge in [0.15, 0.2) is 34.5 Å². The van der Waals surface area contributed by atoms with E-state index in [-0.39, 0.29) is 5.60 Å². The van der Waals surface area contributed by atoms with Crippen molar-refractivity contribution in [3.63, 3.8) is 0 Å². The van der Waals surface area contributed by atoms with Crippen molar-refractivity contribution in [2.24, 2.45) is 5.92 Å². The van der Waals surface area contributed by atoms with Crippen LogP contribution < -0.4 is 42.8 Å². The van der Waals surface area contributed by atoms with Crippen LogP contribution in [0, 0.1) is 5.92 Å². The molecule has 0 bridgehead atoms. The molecule has 1 fully saturated rings.